The Morgan fingerprint density at radius 1 is 1.27 bits per heavy atom. The number of ether oxygens (including phenoxy) is 2. The third kappa shape index (κ3) is 3.90. The van der Waals surface area contributed by atoms with Crippen molar-refractivity contribution >= 4 is 0 Å². The molecule has 15 heavy (non-hydrogen) atoms. The summed E-state index contributed by atoms with van der Waals surface area (Å²) in [6, 6.07) is 7.36. The maximum Gasteiger partial charge on any atom is 0.118 e. The Labute approximate surface area is 90.6 Å². The van der Waals surface area contributed by atoms with Gasteiger partial charge in [0, 0.05) is 6.61 Å². The third-order valence-electron chi connectivity index (χ3n) is 2.12. The summed E-state index contributed by atoms with van der Waals surface area (Å²) in [6.07, 6.45) is 0.414. The van der Waals surface area contributed by atoms with Crippen molar-refractivity contribution in [1.82, 2.24) is 0 Å². The SMILES string of the molecule is CCCOCC(O)c1ccc(OC)cc1. The average Bonchev–Trinajstić information content (AvgIpc) is 2.29. The Morgan fingerprint density at radius 2 is 1.93 bits per heavy atom. The second-order valence-corrected chi connectivity index (χ2v) is 3.36. The molecule has 1 unspecified atom stereocenters. The van der Waals surface area contributed by atoms with Crippen LogP contribution in [0.4, 0.5) is 0 Å². The highest BCUT2D eigenvalue weighted by Crippen LogP contribution is 2.17. The van der Waals surface area contributed by atoms with Crippen molar-refractivity contribution in [2.45, 2.75) is 19.4 Å². The van der Waals surface area contributed by atoms with E-state index < -0.39 is 6.10 Å². The first kappa shape index (κ1) is 12.0. The zero-order valence-electron chi connectivity index (χ0n) is 9.27. The minimum Gasteiger partial charge on any atom is -0.497 e. The lowest BCUT2D eigenvalue weighted by Crippen LogP contribution is -2.07. The highest BCUT2D eigenvalue weighted by Gasteiger charge is 2.06. The van der Waals surface area contributed by atoms with Gasteiger partial charge in [0.05, 0.1) is 13.7 Å². The number of methoxy groups -OCH3 is 1. The van der Waals surface area contributed by atoms with Crippen LogP contribution in [0.2, 0.25) is 0 Å². The first-order chi connectivity index (χ1) is 7.27. The zero-order valence-corrected chi connectivity index (χ0v) is 9.27. The molecular weight excluding hydrogens is 192 g/mol. The standard InChI is InChI=1S/C12H18O3/c1-3-8-15-9-12(13)10-4-6-11(14-2)7-5-10/h4-7,12-13H,3,8-9H2,1-2H3. The van der Waals surface area contributed by atoms with E-state index in [9.17, 15) is 5.11 Å². The third-order valence-corrected chi connectivity index (χ3v) is 2.12. The molecule has 0 saturated carbocycles. The number of rotatable bonds is 6. The fourth-order valence-corrected chi connectivity index (χ4v) is 1.26. The monoisotopic (exact) mass is 210 g/mol. The smallest absolute Gasteiger partial charge is 0.118 e. The summed E-state index contributed by atoms with van der Waals surface area (Å²) in [4.78, 5) is 0. The predicted octanol–water partition coefficient (Wildman–Crippen LogP) is 2.16. The van der Waals surface area contributed by atoms with E-state index in [4.69, 9.17) is 9.47 Å². The van der Waals surface area contributed by atoms with Crippen molar-refractivity contribution in [1.29, 1.82) is 0 Å². The van der Waals surface area contributed by atoms with Crippen molar-refractivity contribution in [3.63, 3.8) is 0 Å². The molecule has 1 N–H and O–H groups in total. The molecule has 0 radical (unpaired) electrons. The average molecular weight is 210 g/mol. The highest BCUT2D eigenvalue weighted by atomic mass is 16.5. The highest BCUT2D eigenvalue weighted by molar-refractivity contribution is 5.28. The van der Waals surface area contributed by atoms with Crippen molar-refractivity contribution < 1.29 is 14.6 Å². The van der Waals surface area contributed by atoms with Crippen LogP contribution in [0.5, 0.6) is 5.75 Å². The molecule has 0 bridgehead atoms. The summed E-state index contributed by atoms with van der Waals surface area (Å²) in [7, 11) is 1.62. The number of hydrogen-bond donors (Lipinski definition) is 1. The van der Waals surface area contributed by atoms with Gasteiger partial charge in [-0.25, -0.2) is 0 Å². The van der Waals surface area contributed by atoms with Crippen molar-refractivity contribution in [2.75, 3.05) is 20.3 Å². The molecule has 0 amide bonds. The van der Waals surface area contributed by atoms with Gasteiger partial charge < -0.3 is 14.6 Å². The van der Waals surface area contributed by atoms with Gasteiger partial charge in [-0.05, 0) is 24.1 Å². The molecule has 1 rings (SSSR count). The van der Waals surface area contributed by atoms with Gasteiger partial charge in [0.25, 0.3) is 0 Å². The molecule has 1 atom stereocenters. The van der Waals surface area contributed by atoms with Crippen LogP contribution in [0.15, 0.2) is 24.3 Å². The molecule has 0 aromatic heterocycles. The molecule has 0 aliphatic rings. The minimum atomic E-state index is -0.553. The van der Waals surface area contributed by atoms with Crippen LogP contribution >= 0.6 is 0 Å². The Morgan fingerprint density at radius 3 is 2.47 bits per heavy atom. The first-order valence-corrected chi connectivity index (χ1v) is 5.17. The fourth-order valence-electron chi connectivity index (χ4n) is 1.26. The van der Waals surface area contributed by atoms with Crippen molar-refractivity contribution in [3.05, 3.63) is 29.8 Å². The van der Waals surface area contributed by atoms with Gasteiger partial charge in [-0.1, -0.05) is 19.1 Å². The normalized spacial score (nSPS) is 12.5. The zero-order chi connectivity index (χ0) is 11.1. The summed E-state index contributed by atoms with van der Waals surface area (Å²) in [5.74, 6) is 0.792. The second-order valence-electron chi connectivity index (χ2n) is 3.36. The van der Waals surface area contributed by atoms with Gasteiger partial charge >= 0.3 is 0 Å². The molecular formula is C12H18O3. The number of aliphatic hydroxyl groups excluding tert-OH is 1. The maximum absolute atomic E-state index is 9.74. The summed E-state index contributed by atoms with van der Waals surface area (Å²) in [5, 5.41) is 9.74. The van der Waals surface area contributed by atoms with Crippen LogP contribution in [0, 0.1) is 0 Å². The quantitative estimate of drug-likeness (QED) is 0.731. The van der Waals surface area contributed by atoms with Gasteiger partial charge in [-0.15, -0.1) is 0 Å². The van der Waals surface area contributed by atoms with Crippen LogP contribution in [0.25, 0.3) is 0 Å². The lowest BCUT2D eigenvalue weighted by Gasteiger charge is -2.11. The van der Waals surface area contributed by atoms with Crippen LogP contribution < -0.4 is 4.74 Å². The molecule has 0 heterocycles. The second kappa shape index (κ2) is 6.43. The van der Waals surface area contributed by atoms with E-state index in [-0.39, 0.29) is 0 Å². The topological polar surface area (TPSA) is 38.7 Å². The van der Waals surface area contributed by atoms with E-state index in [0.717, 1.165) is 17.7 Å². The van der Waals surface area contributed by atoms with Gasteiger partial charge in [-0.3, -0.25) is 0 Å². The Kier molecular flexibility index (Phi) is 5.15. The molecule has 0 saturated heterocycles. The first-order valence-electron chi connectivity index (χ1n) is 5.17. The molecule has 0 fully saturated rings. The van der Waals surface area contributed by atoms with Gasteiger partial charge in [0.15, 0.2) is 0 Å². The molecule has 84 valence electrons. The summed E-state index contributed by atoms with van der Waals surface area (Å²) >= 11 is 0. The van der Waals surface area contributed by atoms with E-state index in [1.807, 2.05) is 31.2 Å². The van der Waals surface area contributed by atoms with E-state index in [1.54, 1.807) is 7.11 Å². The van der Waals surface area contributed by atoms with Crippen LogP contribution in [0.1, 0.15) is 25.0 Å². The van der Waals surface area contributed by atoms with Crippen LogP contribution in [-0.2, 0) is 4.74 Å². The Balaban J connectivity index is 2.46. The Bertz CT molecular complexity index is 269. The van der Waals surface area contributed by atoms with Crippen molar-refractivity contribution in [3.8, 4) is 5.75 Å². The van der Waals surface area contributed by atoms with Gasteiger partial charge in [-0.2, -0.15) is 0 Å². The molecule has 1 aromatic carbocycles. The molecule has 1 aromatic rings. The summed E-state index contributed by atoms with van der Waals surface area (Å²) in [5.41, 5.74) is 0.854. The van der Waals surface area contributed by atoms with Crippen LogP contribution in [-0.4, -0.2) is 25.4 Å². The van der Waals surface area contributed by atoms with Crippen LogP contribution in [0.3, 0.4) is 0 Å². The fraction of sp³-hybridized carbons (Fsp3) is 0.500. The maximum atomic E-state index is 9.74. The number of aliphatic hydroxyl groups is 1. The van der Waals surface area contributed by atoms with Gasteiger partial charge in [0.1, 0.15) is 11.9 Å². The van der Waals surface area contributed by atoms with E-state index in [2.05, 4.69) is 0 Å². The van der Waals surface area contributed by atoms with E-state index in [1.165, 1.54) is 0 Å². The van der Waals surface area contributed by atoms with E-state index in [0.29, 0.717) is 13.2 Å². The lowest BCUT2D eigenvalue weighted by atomic mass is 10.1. The number of hydrogen-bond acceptors (Lipinski definition) is 3. The molecule has 3 nitrogen and oxygen atoms in total. The van der Waals surface area contributed by atoms with Gasteiger partial charge in [0.2, 0.25) is 0 Å². The lowest BCUT2D eigenvalue weighted by molar-refractivity contribution is 0.0363. The van der Waals surface area contributed by atoms with Crippen molar-refractivity contribution in [2.24, 2.45) is 0 Å². The molecule has 3 heteroatoms. The Hall–Kier alpha value is -1.06. The predicted molar refractivity (Wildman–Crippen MR) is 59.1 cm³/mol. The van der Waals surface area contributed by atoms with E-state index >= 15 is 0 Å². The largest absolute Gasteiger partial charge is 0.497 e. The minimum absolute atomic E-state index is 0.347. The summed E-state index contributed by atoms with van der Waals surface area (Å²) in [6.45, 7) is 3.08. The molecule has 0 aliphatic heterocycles. The number of benzene rings is 1. The summed E-state index contributed by atoms with van der Waals surface area (Å²) < 4.78 is 10.3. The molecule has 0 spiro atoms. The molecule has 0 aliphatic carbocycles.